The second-order valence-electron chi connectivity index (χ2n) is 5.22. The number of hydrogen-bond donors (Lipinski definition) is 1. The highest BCUT2D eigenvalue weighted by molar-refractivity contribution is 9.11. The maximum Gasteiger partial charge on any atom is 0.254 e. The Morgan fingerprint density at radius 1 is 1.23 bits per heavy atom. The molecule has 0 unspecified atom stereocenters. The standard InChI is InChI=1S/C15H11BrN4O2/c16-9-4-5-13(21)8(6-9)7-12-14(22)18-15-17-10-2-1-3-11(10)19-20(12)15/h4-7,22H,1-3H2. The van der Waals surface area contributed by atoms with Gasteiger partial charge in [0, 0.05) is 10.1 Å². The van der Waals surface area contributed by atoms with Crippen molar-refractivity contribution < 1.29 is 9.90 Å². The second kappa shape index (κ2) is 4.88. The van der Waals surface area contributed by atoms with Gasteiger partial charge in [-0.15, -0.1) is 0 Å². The van der Waals surface area contributed by atoms with E-state index in [-0.39, 0.29) is 11.7 Å². The minimum Gasteiger partial charge on any atom is -0.492 e. The van der Waals surface area contributed by atoms with Crippen molar-refractivity contribution in [2.75, 3.05) is 0 Å². The third kappa shape index (κ3) is 2.09. The van der Waals surface area contributed by atoms with E-state index >= 15 is 0 Å². The Labute approximate surface area is 134 Å². The number of fused-ring (bicyclic) bond motifs is 2. The third-order valence-corrected chi connectivity index (χ3v) is 4.23. The molecule has 0 amide bonds. The summed E-state index contributed by atoms with van der Waals surface area (Å²) in [6.07, 6.45) is 9.23. The van der Waals surface area contributed by atoms with Gasteiger partial charge in [-0.2, -0.15) is 14.6 Å². The number of imidazole rings is 1. The topological polar surface area (TPSA) is 80.4 Å². The van der Waals surface area contributed by atoms with Crippen LogP contribution in [0.15, 0.2) is 28.3 Å². The fraction of sp³-hybridized carbons (Fsp3) is 0.200. The molecule has 0 saturated heterocycles. The van der Waals surface area contributed by atoms with Gasteiger partial charge in [-0.25, -0.2) is 4.98 Å². The predicted octanol–water partition coefficient (Wildman–Crippen LogP) is 2.12. The summed E-state index contributed by atoms with van der Waals surface area (Å²) in [5.74, 6) is 0.0431. The highest BCUT2D eigenvalue weighted by Crippen LogP contribution is 2.26. The van der Waals surface area contributed by atoms with E-state index in [0.717, 1.165) is 35.1 Å². The molecule has 0 saturated carbocycles. The number of ketones is 1. The molecule has 2 aliphatic carbocycles. The average molecular weight is 359 g/mol. The lowest BCUT2D eigenvalue weighted by molar-refractivity contribution is -0.111. The van der Waals surface area contributed by atoms with Gasteiger partial charge in [-0.3, -0.25) is 4.79 Å². The molecular weight excluding hydrogens is 348 g/mol. The predicted molar refractivity (Wildman–Crippen MR) is 83.6 cm³/mol. The molecule has 2 heterocycles. The van der Waals surface area contributed by atoms with E-state index in [0.29, 0.717) is 17.0 Å². The molecule has 6 nitrogen and oxygen atoms in total. The quantitative estimate of drug-likeness (QED) is 0.789. The molecule has 0 atom stereocenters. The maximum absolute atomic E-state index is 11.9. The Bertz CT molecular complexity index is 908. The number of carbonyl (C=O) groups excluding carboxylic acids is 1. The summed E-state index contributed by atoms with van der Waals surface area (Å²) in [6, 6.07) is 0. The van der Waals surface area contributed by atoms with Gasteiger partial charge in [0.25, 0.3) is 5.78 Å². The molecule has 0 aromatic carbocycles. The molecule has 110 valence electrons. The Balaban J connectivity index is 1.90. The molecule has 2 aliphatic rings. The molecule has 0 spiro atoms. The molecule has 1 N–H and O–H groups in total. The number of rotatable bonds is 1. The van der Waals surface area contributed by atoms with E-state index < -0.39 is 0 Å². The SMILES string of the molecule is O=C1C=CC(Br)=CC1=Cc1c(O)nc2nc3c(nn12)CCC3. The molecule has 2 aromatic rings. The fourth-order valence-corrected chi connectivity index (χ4v) is 3.04. The Morgan fingerprint density at radius 2 is 2.05 bits per heavy atom. The van der Waals surface area contributed by atoms with Gasteiger partial charge in [-0.05, 0) is 43.6 Å². The number of allylic oxidation sites excluding steroid dienone is 5. The molecule has 0 radical (unpaired) electrons. The van der Waals surface area contributed by atoms with Crippen LogP contribution in [0.1, 0.15) is 23.5 Å². The molecule has 2 aromatic heterocycles. The molecule has 7 heteroatoms. The largest absolute Gasteiger partial charge is 0.492 e. The monoisotopic (exact) mass is 358 g/mol. The van der Waals surface area contributed by atoms with E-state index in [4.69, 9.17) is 0 Å². The van der Waals surface area contributed by atoms with Crippen LogP contribution in [0.2, 0.25) is 0 Å². The van der Waals surface area contributed by atoms with Crippen LogP contribution in [0.4, 0.5) is 0 Å². The first-order valence-corrected chi connectivity index (χ1v) is 7.70. The van der Waals surface area contributed by atoms with Crippen molar-refractivity contribution in [2.45, 2.75) is 19.3 Å². The first kappa shape index (κ1) is 13.4. The Kier molecular flexibility index (Phi) is 2.97. The number of hydrogen-bond acceptors (Lipinski definition) is 5. The van der Waals surface area contributed by atoms with Crippen LogP contribution in [0.5, 0.6) is 5.88 Å². The number of aromatic nitrogens is 4. The summed E-state index contributed by atoms with van der Waals surface area (Å²) >= 11 is 3.34. The van der Waals surface area contributed by atoms with Crippen molar-refractivity contribution in [3.8, 4) is 5.88 Å². The van der Waals surface area contributed by atoms with Crippen LogP contribution in [0.3, 0.4) is 0 Å². The normalized spacial score (nSPS) is 19.0. The van der Waals surface area contributed by atoms with E-state index in [1.54, 1.807) is 18.2 Å². The van der Waals surface area contributed by atoms with Crippen molar-refractivity contribution in [1.29, 1.82) is 0 Å². The van der Waals surface area contributed by atoms with Gasteiger partial charge >= 0.3 is 0 Å². The van der Waals surface area contributed by atoms with Gasteiger partial charge < -0.3 is 5.11 Å². The van der Waals surface area contributed by atoms with Crippen molar-refractivity contribution in [1.82, 2.24) is 19.6 Å². The zero-order chi connectivity index (χ0) is 15.3. The van der Waals surface area contributed by atoms with E-state index in [2.05, 4.69) is 31.0 Å². The second-order valence-corrected chi connectivity index (χ2v) is 6.13. The average Bonchev–Trinajstić information content (AvgIpc) is 3.05. The number of halogens is 1. The van der Waals surface area contributed by atoms with Gasteiger partial charge in [-0.1, -0.05) is 15.9 Å². The minimum absolute atomic E-state index is 0.133. The number of carbonyl (C=O) groups is 1. The lowest BCUT2D eigenvalue weighted by Gasteiger charge is -2.04. The molecule has 0 aliphatic heterocycles. The van der Waals surface area contributed by atoms with Crippen LogP contribution in [-0.4, -0.2) is 30.5 Å². The van der Waals surface area contributed by atoms with Crippen molar-refractivity contribution in [3.63, 3.8) is 0 Å². The van der Waals surface area contributed by atoms with E-state index in [1.807, 2.05) is 0 Å². The summed E-state index contributed by atoms with van der Waals surface area (Å²) in [6.45, 7) is 0. The molecule has 0 fully saturated rings. The molecular formula is C15H11BrN4O2. The number of aryl methyl sites for hydroxylation is 2. The maximum atomic E-state index is 11.9. The van der Waals surface area contributed by atoms with Crippen LogP contribution < -0.4 is 0 Å². The lowest BCUT2D eigenvalue weighted by atomic mass is 10.1. The summed E-state index contributed by atoms with van der Waals surface area (Å²) in [5.41, 5.74) is 2.69. The summed E-state index contributed by atoms with van der Waals surface area (Å²) in [5, 5.41) is 14.6. The fourth-order valence-electron chi connectivity index (χ4n) is 2.66. The lowest BCUT2D eigenvalue weighted by Crippen LogP contribution is -2.04. The number of aromatic hydroxyl groups is 1. The Hall–Kier alpha value is -2.28. The van der Waals surface area contributed by atoms with Crippen LogP contribution >= 0.6 is 15.9 Å². The van der Waals surface area contributed by atoms with Crippen LogP contribution in [0.25, 0.3) is 11.9 Å². The van der Waals surface area contributed by atoms with Crippen LogP contribution in [-0.2, 0) is 17.6 Å². The highest BCUT2D eigenvalue weighted by Gasteiger charge is 2.20. The zero-order valence-electron chi connectivity index (χ0n) is 11.5. The van der Waals surface area contributed by atoms with Crippen molar-refractivity contribution in [3.05, 3.63) is 45.4 Å². The zero-order valence-corrected chi connectivity index (χ0v) is 13.0. The first-order valence-electron chi connectivity index (χ1n) is 6.90. The molecule has 0 bridgehead atoms. The van der Waals surface area contributed by atoms with Crippen molar-refractivity contribution in [2.24, 2.45) is 0 Å². The van der Waals surface area contributed by atoms with Gasteiger partial charge in [0.1, 0.15) is 5.69 Å². The number of nitrogens with zero attached hydrogens (tertiary/aromatic N) is 4. The van der Waals surface area contributed by atoms with Crippen molar-refractivity contribution >= 4 is 33.6 Å². The molecule has 22 heavy (non-hydrogen) atoms. The first-order chi connectivity index (χ1) is 10.6. The van der Waals surface area contributed by atoms with Crippen LogP contribution in [0, 0.1) is 0 Å². The summed E-state index contributed by atoms with van der Waals surface area (Å²) < 4.78 is 2.29. The van der Waals surface area contributed by atoms with E-state index in [9.17, 15) is 9.90 Å². The summed E-state index contributed by atoms with van der Waals surface area (Å²) in [7, 11) is 0. The van der Waals surface area contributed by atoms with E-state index in [1.165, 1.54) is 10.6 Å². The molecule has 4 rings (SSSR count). The van der Waals surface area contributed by atoms with Gasteiger partial charge in [0.15, 0.2) is 5.78 Å². The third-order valence-electron chi connectivity index (χ3n) is 3.73. The van der Waals surface area contributed by atoms with Gasteiger partial charge in [0.05, 0.1) is 11.4 Å². The summed E-state index contributed by atoms with van der Waals surface area (Å²) in [4.78, 5) is 20.4. The van der Waals surface area contributed by atoms with Gasteiger partial charge in [0.2, 0.25) is 5.88 Å². The Morgan fingerprint density at radius 3 is 2.91 bits per heavy atom. The smallest absolute Gasteiger partial charge is 0.254 e. The highest BCUT2D eigenvalue weighted by atomic mass is 79.9. The minimum atomic E-state index is -0.178.